The Kier molecular flexibility index (Phi) is 8.16. The number of anilines is 1. The van der Waals surface area contributed by atoms with Gasteiger partial charge in [0.2, 0.25) is 0 Å². The van der Waals surface area contributed by atoms with Crippen molar-refractivity contribution in [1.82, 2.24) is 10.2 Å². The third-order valence-corrected chi connectivity index (χ3v) is 4.90. The summed E-state index contributed by atoms with van der Waals surface area (Å²) in [7, 11) is 1.76. The highest BCUT2D eigenvalue weighted by atomic mass is 32.1. The molecule has 3 aromatic rings. The molecule has 0 aliphatic carbocycles. The van der Waals surface area contributed by atoms with Gasteiger partial charge in [-0.25, -0.2) is 0 Å². The lowest BCUT2D eigenvalue weighted by Gasteiger charge is -2.18. The smallest absolute Gasteiger partial charge is 0.257 e. The van der Waals surface area contributed by atoms with Crippen molar-refractivity contribution in [3.63, 3.8) is 0 Å². The van der Waals surface area contributed by atoms with Crippen molar-refractivity contribution in [2.75, 3.05) is 12.4 Å². The van der Waals surface area contributed by atoms with Crippen LogP contribution in [0.5, 0.6) is 5.75 Å². The second-order valence-corrected chi connectivity index (χ2v) is 8.24. The standard InChI is InChI=1S/C26H27N3O3S/c1-18(2)32-23-14-12-20(13-15-23)24(30)28-26(33)27-22-11-7-10-21(16-22)25(31)29(3)17-19-8-5-4-6-9-19/h4-16,18H,17H2,1-3H3,(H2,27,28,30,33). The average Bonchev–Trinajstić information content (AvgIpc) is 2.79. The minimum absolute atomic E-state index is 0.0576. The summed E-state index contributed by atoms with van der Waals surface area (Å²) in [4.78, 5) is 27.0. The molecule has 0 atom stereocenters. The van der Waals surface area contributed by atoms with Crippen LogP contribution in [-0.2, 0) is 6.54 Å². The third kappa shape index (κ3) is 7.15. The van der Waals surface area contributed by atoms with Crippen molar-refractivity contribution in [2.45, 2.75) is 26.5 Å². The summed E-state index contributed by atoms with van der Waals surface area (Å²) in [5.74, 6) is 0.251. The van der Waals surface area contributed by atoms with Gasteiger partial charge in [0, 0.05) is 30.4 Å². The Hall–Kier alpha value is -3.71. The number of hydrogen-bond donors (Lipinski definition) is 2. The molecule has 0 spiro atoms. The molecule has 0 unspecified atom stereocenters. The van der Waals surface area contributed by atoms with Gasteiger partial charge >= 0.3 is 0 Å². The molecule has 0 saturated carbocycles. The molecule has 0 aliphatic rings. The lowest BCUT2D eigenvalue weighted by Crippen LogP contribution is -2.34. The van der Waals surface area contributed by atoms with Gasteiger partial charge in [-0.3, -0.25) is 14.9 Å². The molecule has 0 aromatic heterocycles. The minimum atomic E-state index is -0.335. The second-order valence-electron chi connectivity index (χ2n) is 7.83. The fraction of sp³-hybridized carbons (Fsp3) is 0.192. The zero-order valence-electron chi connectivity index (χ0n) is 18.9. The maximum atomic E-state index is 12.8. The Morgan fingerprint density at radius 1 is 0.939 bits per heavy atom. The van der Waals surface area contributed by atoms with Gasteiger partial charge in [0.05, 0.1) is 6.10 Å². The quantitative estimate of drug-likeness (QED) is 0.491. The topological polar surface area (TPSA) is 70.7 Å². The first kappa shape index (κ1) is 23.9. The first-order valence-electron chi connectivity index (χ1n) is 10.6. The van der Waals surface area contributed by atoms with Crippen LogP contribution in [0, 0.1) is 0 Å². The molecule has 0 bridgehead atoms. The van der Waals surface area contributed by atoms with Crippen molar-refractivity contribution >= 4 is 34.8 Å². The van der Waals surface area contributed by atoms with E-state index < -0.39 is 0 Å². The molecule has 33 heavy (non-hydrogen) atoms. The van der Waals surface area contributed by atoms with E-state index in [0.717, 1.165) is 5.56 Å². The summed E-state index contributed by atoms with van der Waals surface area (Å²) in [6.45, 7) is 4.38. The Bertz CT molecular complexity index is 1120. The Morgan fingerprint density at radius 3 is 2.30 bits per heavy atom. The van der Waals surface area contributed by atoms with Crippen molar-refractivity contribution in [1.29, 1.82) is 0 Å². The lowest BCUT2D eigenvalue weighted by atomic mass is 10.1. The highest BCUT2D eigenvalue weighted by Gasteiger charge is 2.14. The largest absolute Gasteiger partial charge is 0.491 e. The number of nitrogens with one attached hydrogen (secondary N) is 2. The third-order valence-electron chi connectivity index (χ3n) is 4.69. The van der Waals surface area contributed by atoms with Crippen molar-refractivity contribution in [3.05, 3.63) is 95.6 Å². The second kappa shape index (κ2) is 11.2. The number of hydrogen-bond acceptors (Lipinski definition) is 4. The van der Waals surface area contributed by atoms with Crippen LogP contribution in [0.4, 0.5) is 5.69 Å². The molecule has 0 fully saturated rings. The van der Waals surface area contributed by atoms with E-state index in [-0.39, 0.29) is 23.0 Å². The molecule has 6 nitrogen and oxygen atoms in total. The van der Waals surface area contributed by atoms with E-state index in [1.807, 2.05) is 44.2 Å². The molecular weight excluding hydrogens is 434 g/mol. The number of carbonyl (C=O) groups is 2. The van der Waals surface area contributed by atoms with Gasteiger partial charge in [-0.1, -0.05) is 36.4 Å². The molecule has 2 N–H and O–H groups in total. The highest BCUT2D eigenvalue weighted by Crippen LogP contribution is 2.15. The Balaban J connectivity index is 1.58. The summed E-state index contributed by atoms with van der Waals surface area (Å²) < 4.78 is 5.59. The van der Waals surface area contributed by atoms with Gasteiger partial charge < -0.3 is 15.0 Å². The normalized spacial score (nSPS) is 10.4. The van der Waals surface area contributed by atoms with E-state index >= 15 is 0 Å². The molecular formula is C26H27N3O3S. The lowest BCUT2D eigenvalue weighted by molar-refractivity contribution is 0.0785. The Morgan fingerprint density at radius 2 is 1.64 bits per heavy atom. The zero-order valence-corrected chi connectivity index (χ0v) is 19.7. The molecule has 170 valence electrons. The number of amides is 2. The molecule has 7 heteroatoms. The maximum absolute atomic E-state index is 12.8. The summed E-state index contributed by atoms with van der Waals surface area (Å²) in [5, 5.41) is 5.77. The van der Waals surface area contributed by atoms with Crippen LogP contribution in [0.2, 0.25) is 0 Å². The van der Waals surface area contributed by atoms with E-state index in [0.29, 0.717) is 29.1 Å². The fourth-order valence-corrected chi connectivity index (χ4v) is 3.38. The molecule has 3 rings (SSSR count). The van der Waals surface area contributed by atoms with Crippen LogP contribution in [0.3, 0.4) is 0 Å². The van der Waals surface area contributed by atoms with Crippen molar-refractivity contribution in [2.24, 2.45) is 0 Å². The predicted molar refractivity (Wildman–Crippen MR) is 135 cm³/mol. The van der Waals surface area contributed by atoms with E-state index in [1.165, 1.54) is 0 Å². The first-order valence-corrected chi connectivity index (χ1v) is 11.0. The number of rotatable bonds is 7. The van der Waals surface area contributed by atoms with Gasteiger partial charge in [-0.15, -0.1) is 0 Å². The van der Waals surface area contributed by atoms with E-state index in [9.17, 15) is 9.59 Å². The van der Waals surface area contributed by atoms with Gasteiger partial charge in [0.15, 0.2) is 5.11 Å². The number of benzene rings is 3. The summed E-state index contributed by atoms with van der Waals surface area (Å²) in [5.41, 5.74) is 2.64. The molecule has 0 heterocycles. The van der Waals surface area contributed by atoms with Gasteiger partial charge in [0.1, 0.15) is 5.75 Å². The van der Waals surface area contributed by atoms with Crippen LogP contribution >= 0.6 is 12.2 Å². The first-order chi connectivity index (χ1) is 15.8. The highest BCUT2D eigenvalue weighted by molar-refractivity contribution is 7.80. The van der Waals surface area contributed by atoms with Gasteiger partial charge in [-0.2, -0.15) is 0 Å². The van der Waals surface area contributed by atoms with Crippen LogP contribution < -0.4 is 15.4 Å². The Labute approximate surface area is 199 Å². The molecule has 3 aromatic carbocycles. The number of carbonyl (C=O) groups excluding carboxylic acids is 2. The monoisotopic (exact) mass is 461 g/mol. The SMILES string of the molecule is CC(C)Oc1ccc(C(=O)NC(=S)Nc2cccc(C(=O)N(C)Cc3ccccc3)c2)cc1. The minimum Gasteiger partial charge on any atom is -0.491 e. The van der Waals surface area contributed by atoms with Crippen molar-refractivity contribution < 1.29 is 14.3 Å². The average molecular weight is 462 g/mol. The zero-order chi connectivity index (χ0) is 23.8. The number of ether oxygens (including phenoxy) is 1. The van der Waals surface area contributed by atoms with E-state index in [4.69, 9.17) is 17.0 Å². The number of nitrogens with zero attached hydrogens (tertiary/aromatic N) is 1. The van der Waals surface area contributed by atoms with Crippen LogP contribution in [0.25, 0.3) is 0 Å². The van der Waals surface area contributed by atoms with E-state index in [2.05, 4.69) is 10.6 Å². The van der Waals surface area contributed by atoms with E-state index in [1.54, 1.807) is 60.5 Å². The van der Waals surface area contributed by atoms with Crippen molar-refractivity contribution in [3.8, 4) is 5.75 Å². The van der Waals surface area contributed by atoms with Crippen LogP contribution in [-0.4, -0.2) is 35.0 Å². The van der Waals surface area contributed by atoms with Crippen LogP contribution in [0.15, 0.2) is 78.9 Å². The molecule has 0 aliphatic heterocycles. The maximum Gasteiger partial charge on any atom is 0.257 e. The summed E-state index contributed by atoms with van der Waals surface area (Å²) in [6, 6.07) is 23.6. The number of thiocarbonyl (C=S) groups is 1. The van der Waals surface area contributed by atoms with Crippen LogP contribution in [0.1, 0.15) is 40.1 Å². The summed E-state index contributed by atoms with van der Waals surface area (Å²) >= 11 is 5.28. The molecule has 0 radical (unpaired) electrons. The fourth-order valence-electron chi connectivity index (χ4n) is 3.17. The molecule has 2 amide bonds. The molecule has 0 saturated heterocycles. The van der Waals surface area contributed by atoms with Gasteiger partial charge in [0.25, 0.3) is 11.8 Å². The summed E-state index contributed by atoms with van der Waals surface area (Å²) in [6.07, 6.45) is 0.0576. The van der Waals surface area contributed by atoms with Gasteiger partial charge in [-0.05, 0) is 74.1 Å². The predicted octanol–water partition coefficient (Wildman–Crippen LogP) is 4.87.